The van der Waals surface area contributed by atoms with Crippen LogP contribution in [0.5, 0.6) is 11.5 Å². The van der Waals surface area contributed by atoms with Gasteiger partial charge in [-0.25, -0.2) is 9.79 Å². The molecule has 4 aromatic rings. The molecule has 0 radical (unpaired) electrons. The Morgan fingerprint density at radius 1 is 1.11 bits per heavy atom. The maximum absolute atomic E-state index is 14.1. The number of aromatic nitrogens is 1. The third-order valence-electron chi connectivity index (χ3n) is 6.71. The number of carbonyl (C=O) groups excluding carboxylic acids is 1. The number of benzene rings is 3. The second kappa shape index (κ2) is 13.7. The van der Waals surface area contributed by atoms with Crippen molar-refractivity contribution < 1.29 is 19.0 Å². The first-order valence-electron chi connectivity index (χ1n) is 13.9. The predicted octanol–water partition coefficient (Wildman–Crippen LogP) is 7.23. The maximum Gasteiger partial charge on any atom is 0.338 e. The molecule has 228 valence electrons. The molecule has 0 spiro atoms. The standard InChI is InChI=1S/C33H29BrCl2N2O5S/c1-5-41-32(40)28-19(4)37-33-38(29(28)23-8-6-7-9-26(23)43-18(2)3)31(39)27(44-33)16-21-14-24(35)30(25(36)15-21)42-17-20-10-12-22(34)13-11-20/h6-16,18,29H,5,17H2,1-4H3/b27-16+/t29-/m0/s1. The van der Waals surface area contributed by atoms with E-state index in [-0.39, 0.29) is 30.5 Å². The van der Waals surface area contributed by atoms with Gasteiger partial charge < -0.3 is 14.2 Å². The van der Waals surface area contributed by atoms with E-state index in [2.05, 4.69) is 20.9 Å². The Morgan fingerprint density at radius 3 is 2.45 bits per heavy atom. The smallest absolute Gasteiger partial charge is 0.338 e. The molecule has 1 aromatic heterocycles. The van der Waals surface area contributed by atoms with Crippen LogP contribution in [-0.2, 0) is 16.1 Å². The molecule has 7 nitrogen and oxygen atoms in total. The first kappa shape index (κ1) is 32.0. The van der Waals surface area contributed by atoms with Gasteiger partial charge in [-0.2, -0.15) is 0 Å². The number of rotatable bonds is 9. The summed E-state index contributed by atoms with van der Waals surface area (Å²) >= 11 is 17.8. The van der Waals surface area contributed by atoms with Gasteiger partial charge in [0.1, 0.15) is 18.4 Å². The van der Waals surface area contributed by atoms with Gasteiger partial charge in [-0.05, 0) is 75.2 Å². The maximum atomic E-state index is 14.1. The molecular weight excluding hydrogens is 687 g/mol. The molecule has 11 heteroatoms. The number of hydrogen-bond acceptors (Lipinski definition) is 7. The van der Waals surface area contributed by atoms with Crippen molar-refractivity contribution >= 4 is 62.5 Å². The van der Waals surface area contributed by atoms with Gasteiger partial charge in [-0.3, -0.25) is 9.36 Å². The first-order valence-corrected chi connectivity index (χ1v) is 16.3. The lowest BCUT2D eigenvalue weighted by atomic mass is 9.95. The minimum Gasteiger partial charge on any atom is -0.491 e. The molecule has 0 saturated carbocycles. The summed E-state index contributed by atoms with van der Waals surface area (Å²) < 4.78 is 20.3. The number of allylic oxidation sites excluding steroid dienone is 1. The molecule has 1 aliphatic rings. The molecule has 0 unspecified atom stereocenters. The number of ether oxygens (including phenoxy) is 3. The Labute approximate surface area is 277 Å². The van der Waals surface area contributed by atoms with Gasteiger partial charge in [0.15, 0.2) is 10.6 Å². The number of carbonyl (C=O) groups is 1. The fourth-order valence-electron chi connectivity index (χ4n) is 4.84. The molecule has 0 N–H and O–H groups in total. The van der Waals surface area contributed by atoms with Gasteiger partial charge in [0.25, 0.3) is 5.56 Å². The highest BCUT2D eigenvalue weighted by atomic mass is 79.9. The molecule has 44 heavy (non-hydrogen) atoms. The van der Waals surface area contributed by atoms with Crippen molar-refractivity contribution in [1.82, 2.24) is 4.57 Å². The van der Waals surface area contributed by atoms with Crippen LogP contribution in [0.3, 0.4) is 0 Å². The molecule has 0 aliphatic carbocycles. The summed E-state index contributed by atoms with van der Waals surface area (Å²) in [6.45, 7) is 7.79. The zero-order valence-electron chi connectivity index (χ0n) is 24.4. The summed E-state index contributed by atoms with van der Waals surface area (Å²) in [4.78, 5) is 32.4. The van der Waals surface area contributed by atoms with E-state index in [9.17, 15) is 9.59 Å². The summed E-state index contributed by atoms with van der Waals surface area (Å²) in [5.41, 5.74) is 2.66. The molecule has 0 amide bonds. The van der Waals surface area contributed by atoms with E-state index in [1.807, 2.05) is 62.4 Å². The lowest BCUT2D eigenvalue weighted by Crippen LogP contribution is -2.40. The van der Waals surface area contributed by atoms with E-state index < -0.39 is 12.0 Å². The highest BCUT2D eigenvalue weighted by molar-refractivity contribution is 9.10. The van der Waals surface area contributed by atoms with Crippen molar-refractivity contribution in [2.24, 2.45) is 4.99 Å². The Bertz CT molecular complexity index is 1910. The molecule has 0 bridgehead atoms. The van der Waals surface area contributed by atoms with Crippen LogP contribution in [0.4, 0.5) is 0 Å². The van der Waals surface area contributed by atoms with Gasteiger partial charge in [-0.15, -0.1) is 0 Å². The van der Waals surface area contributed by atoms with Crippen LogP contribution in [0.25, 0.3) is 6.08 Å². The summed E-state index contributed by atoms with van der Waals surface area (Å²) in [7, 11) is 0. The number of halogens is 3. The second-order valence-corrected chi connectivity index (χ2v) is 13.0. The van der Waals surface area contributed by atoms with Crippen LogP contribution < -0.4 is 24.4 Å². The topological polar surface area (TPSA) is 79.1 Å². The number of thiazole rings is 1. The van der Waals surface area contributed by atoms with E-state index >= 15 is 0 Å². The van der Waals surface area contributed by atoms with Crippen molar-refractivity contribution in [3.05, 3.63) is 123 Å². The van der Waals surface area contributed by atoms with Gasteiger partial charge in [0, 0.05) is 10.0 Å². The minimum absolute atomic E-state index is 0.126. The number of nitrogens with zero attached hydrogens (tertiary/aromatic N) is 2. The summed E-state index contributed by atoms with van der Waals surface area (Å²) in [6, 6.07) is 17.7. The monoisotopic (exact) mass is 714 g/mol. The zero-order chi connectivity index (χ0) is 31.5. The quantitative estimate of drug-likeness (QED) is 0.171. The third-order valence-corrected chi connectivity index (χ3v) is 8.78. The number of hydrogen-bond donors (Lipinski definition) is 0. The van der Waals surface area contributed by atoms with E-state index in [0.29, 0.717) is 47.7 Å². The molecular formula is C33H29BrCl2N2O5S. The average molecular weight is 716 g/mol. The highest BCUT2D eigenvalue weighted by Crippen LogP contribution is 2.37. The van der Waals surface area contributed by atoms with Crippen molar-refractivity contribution in [2.45, 2.75) is 46.4 Å². The highest BCUT2D eigenvalue weighted by Gasteiger charge is 2.35. The normalized spacial score (nSPS) is 14.8. The lowest BCUT2D eigenvalue weighted by molar-refractivity contribution is -0.139. The van der Waals surface area contributed by atoms with Crippen LogP contribution >= 0.6 is 50.5 Å². The molecule has 3 aromatic carbocycles. The van der Waals surface area contributed by atoms with Crippen molar-refractivity contribution in [1.29, 1.82) is 0 Å². The predicted molar refractivity (Wildman–Crippen MR) is 178 cm³/mol. The average Bonchev–Trinajstić information content (AvgIpc) is 3.26. The Morgan fingerprint density at radius 2 is 1.80 bits per heavy atom. The van der Waals surface area contributed by atoms with Gasteiger partial charge in [0.2, 0.25) is 0 Å². The molecule has 1 aliphatic heterocycles. The van der Waals surface area contributed by atoms with Crippen molar-refractivity contribution in [3.63, 3.8) is 0 Å². The van der Waals surface area contributed by atoms with Crippen LogP contribution in [0.15, 0.2) is 86.2 Å². The Hall–Kier alpha value is -3.37. The van der Waals surface area contributed by atoms with Crippen molar-refractivity contribution in [3.8, 4) is 11.5 Å². The number of esters is 1. The largest absolute Gasteiger partial charge is 0.491 e. The fourth-order valence-corrected chi connectivity index (χ4v) is 6.77. The summed E-state index contributed by atoms with van der Waals surface area (Å²) in [6.07, 6.45) is 1.58. The zero-order valence-corrected chi connectivity index (χ0v) is 28.3. The van der Waals surface area contributed by atoms with Crippen molar-refractivity contribution in [2.75, 3.05) is 6.61 Å². The Kier molecular flexibility index (Phi) is 10.00. The third kappa shape index (κ3) is 6.81. The van der Waals surface area contributed by atoms with Crippen LogP contribution in [0.2, 0.25) is 10.0 Å². The molecule has 2 heterocycles. The second-order valence-electron chi connectivity index (χ2n) is 10.2. The van der Waals surface area contributed by atoms with E-state index in [1.165, 1.54) is 15.9 Å². The summed E-state index contributed by atoms with van der Waals surface area (Å²) in [5.74, 6) is 0.381. The van der Waals surface area contributed by atoms with Gasteiger partial charge in [-0.1, -0.05) is 80.8 Å². The SMILES string of the molecule is CCOC(=O)C1=C(C)N=c2s/c(=C/c3cc(Cl)c(OCc4ccc(Br)cc4)c(Cl)c3)c(=O)n2[C@H]1c1ccccc1OC(C)C. The fraction of sp³-hybridized carbons (Fsp3) is 0.242. The number of fused-ring (bicyclic) bond motifs is 1. The van der Waals surface area contributed by atoms with Crippen LogP contribution in [0, 0.1) is 0 Å². The van der Waals surface area contributed by atoms with E-state index in [4.69, 9.17) is 37.4 Å². The van der Waals surface area contributed by atoms with Gasteiger partial charge in [0.05, 0.1) is 38.6 Å². The summed E-state index contributed by atoms with van der Waals surface area (Å²) in [5, 5.41) is 0.624. The van der Waals surface area contributed by atoms with E-state index in [0.717, 1.165) is 10.0 Å². The first-order chi connectivity index (χ1) is 21.1. The molecule has 5 rings (SSSR count). The molecule has 0 saturated heterocycles. The molecule has 0 fully saturated rings. The minimum atomic E-state index is -0.802. The molecule has 1 atom stereocenters. The Balaban J connectivity index is 1.58. The van der Waals surface area contributed by atoms with E-state index in [1.54, 1.807) is 32.1 Å². The van der Waals surface area contributed by atoms with Crippen LogP contribution in [-0.4, -0.2) is 23.2 Å². The lowest BCUT2D eigenvalue weighted by Gasteiger charge is -2.26. The van der Waals surface area contributed by atoms with Gasteiger partial charge >= 0.3 is 5.97 Å². The number of para-hydroxylation sites is 1. The van der Waals surface area contributed by atoms with Crippen LogP contribution in [0.1, 0.15) is 50.4 Å².